The van der Waals surface area contributed by atoms with Gasteiger partial charge in [0.25, 0.3) is 0 Å². The lowest BCUT2D eigenvalue weighted by Gasteiger charge is -2.59. The number of allylic oxidation sites excluding steroid dienone is 1. The molecular weight excluding hydrogens is 1080 g/mol. The number of carbonyl (C=O) groups is 5. The van der Waals surface area contributed by atoms with Crippen LogP contribution in [-0.2, 0) is 52.3 Å². The third kappa shape index (κ3) is 11.9. The molecule has 2 heterocycles. The Morgan fingerprint density at radius 3 is 2.05 bits per heavy atom. The van der Waals surface area contributed by atoms with Gasteiger partial charge in [0.2, 0.25) is 0 Å². The molecule has 19 heteroatoms. The van der Waals surface area contributed by atoms with Gasteiger partial charge in [-0.15, -0.1) is 0 Å². The largest absolute Gasteiger partial charge is 0.497 e. The number of benzene rings is 3. The Kier molecular flexibility index (Phi) is 18.5. The molecule has 1 unspecified atom stereocenters. The standard InChI is InChI=1S/C65H83NO18/c1-35(2)16-23-50(69)36(3)65(75)53(31-49-46-22-19-39-30-40(68)24-27-63(39,5)48(46)25-28-64(49,65)6)81-60-57(80-37(4)67)56(52(71)34-77-60)84-61-58(83-59(73)38-17-20-41(76-7)21-18-38)55(51(70)33-78-61)82-54(72)26-29-66-62(74)79-32-47-44-14-10-8-12-42(44)43-13-9-11-15-45(43)47/h8-15,17-21,35-36,40,46-49,51-53,55-58,60-61,68,70-71,75H,16,22-34H2,1-7H3,(H,66,74)/t36-,40+,46-,48?,49+,51-,52+,53+,55+,56+,57-,58-,60+,61+,63+,64+,65-/m1/s1. The van der Waals surface area contributed by atoms with Crippen molar-refractivity contribution in [2.75, 3.05) is 33.5 Å². The molecule has 456 valence electrons. The smallest absolute Gasteiger partial charge is 0.407 e. The summed E-state index contributed by atoms with van der Waals surface area (Å²) in [5, 5.41) is 50.3. The number of carbonyl (C=O) groups excluding carboxylic acids is 5. The van der Waals surface area contributed by atoms with Crippen LogP contribution in [0.3, 0.4) is 0 Å². The van der Waals surface area contributed by atoms with Gasteiger partial charge < -0.3 is 68.4 Å². The number of aliphatic hydroxyl groups excluding tert-OH is 3. The SMILES string of the molecule is COc1ccc(C(=O)O[C@H]2[C@H](O[C@@H]3[C@@H](OC(C)=O)[C@H](O[C@H]4C[C@H]5[C@@H]6CC=C7C[C@@H](O)CC[C@]7(C)C6CC[C@]5(C)[C@@]4(O)[C@H](C)C(=O)CCC(C)C)OC[C@@H]3O)OC[C@@H](O)[C@@H]2OC(=O)CCNC(=O)OCC2c3ccccc3-c3ccccc32)cc1. The number of alkyl carbamates (subject to hydrolysis) is 1. The number of nitrogens with one attached hydrogen (secondary N) is 1. The second kappa shape index (κ2) is 25.3. The van der Waals surface area contributed by atoms with E-state index in [1.807, 2.05) is 62.4 Å². The molecule has 7 aliphatic rings. The molecule has 19 nitrogen and oxygen atoms in total. The van der Waals surface area contributed by atoms with Gasteiger partial charge in [-0.3, -0.25) is 14.4 Å². The summed E-state index contributed by atoms with van der Waals surface area (Å²) < 4.78 is 54.5. The van der Waals surface area contributed by atoms with Crippen LogP contribution in [0.25, 0.3) is 11.1 Å². The molecule has 0 bridgehead atoms. The van der Waals surface area contributed by atoms with Crippen molar-refractivity contribution in [2.45, 2.75) is 179 Å². The van der Waals surface area contributed by atoms with Gasteiger partial charge >= 0.3 is 24.0 Å². The van der Waals surface area contributed by atoms with Gasteiger partial charge in [-0.25, -0.2) is 9.59 Å². The van der Waals surface area contributed by atoms with E-state index in [1.165, 1.54) is 36.9 Å². The fraction of sp³-hybridized carbons (Fsp3) is 0.615. The molecule has 5 aliphatic carbocycles. The number of ketones is 1. The van der Waals surface area contributed by atoms with Crippen LogP contribution in [0.5, 0.6) is 5.75 Å². The predicted octanol–water partition coefficient (Wildman–Crippen LogP) is 7.50. The maximum absolute atomic E-state index is 14.4. The highest BCUT2D eigenvalue weighted by Crippen LogP contribution is 2.69. The van der Waals surface area contributed by atoms with E-state index in [-0.39, 0.29) is 72.0 Å². The molecule has 0 radical (unpaired) electrons. The molecule has 84 heavy (non-hydrogen) atoms. The quantitative estimate of drug-likeness (QED) is 0.0442. The number of amides is 1. The molecule has 5 N–H and O–H groups in total. The lowest BCUT2D eigenvalue weighted by Crippen LogP contribution is -2.64. The number of ether oxygens (including phenoxy) is 9. The molecule has 3 aromatic rings. The Balaban J connectivity index is 0.877. The van der Waals surface area contributed by atoms with Crippen molar-refractivity contribution in [1.29, 1.82) is 0 Å². The molecule has 2 aliphatic heterocycles. The predicted molar refractivity (Wildman–Crippen MR) is 303 cm³/mol. The molecule has 5 fully saturated rings. The Bertz CT molecular complexity index is 2870. The van der Waals surface area contributed by atoms with E-state index in [1.54, 1.807) is 6.92 Å². The Morgan fingerprint density at radius 1 is 0.750 bits per heavy atom. The summed E-state index contributed by atoms with van der Waals surface area (Å²) in [5.41, 5.74) is 2.83. The topological polar surface area (TPSA) is 261 Å². The molecule has 3 aromatic carbocycles. The number of esters is 3. The summed E-state index contributed by atoms with van der Waals surface area (Å²) >= 11 is 0. The van der Waals surface area contributed by atoms with E-state index in [9.17, 15) is 44.4 Å². The Labute approximate surface area is 491 Å². The van der Waals surface area contributed by atoms with Crippen LogP contribution < -0.4 is 10.1 Å². The number of fused-ring (bicyclic) bond motifs is 8. The molecule has 10 rings (SSSR count). The van der Waals surface area contributed by atoms with Crippen molar-refractivity contribution in [3.05, 3.63) is 101 Å². The molecule has 0 spiro atoms. The molecule has 2 saturated heterocycles. The average molecular weight is 1170 g/mol. The van der Waals surface area contributed by atoms with Crippen molar-refractivity contribution in [1.82, 2.24) is 5.32 Å². The van der Waals surface area contributed by atoms with E-state index in [4.69, 9.17) is 42.6 Å². The van der Waals surface area contributed by atoms with Gasteiger partial charge in [0.15, 0.2) is 30.9 Å². The fourth-order valence-corrected chi connectivity index (χ4v) is 15.4. The zero-order valence-electron chi connectivity index (χ0n) is 49.1. The van der Waals surface area contributed by atoms with E-state index < -0.39 is 116 Å². The molecule has 1 amide bonds. The number of methoxy groups -OCH3 is 1. The molecule has 3 saturated carbocycles. The zero-order chi connectivity index (χ0) is 59.8. The van der Waals surface area contributed by atoms with E-state index in [2.05, 4.69) is 25.2 Å². The van der Waals surface area contributed by atoms with Crippen LogP contribution in [0.15, 0.2) is 84.4 Å². The average Bonchev–Trinajstić information content (AvgIpc) is 1.50. The van der Waals surface area contributed by atoms with Crippen molar-refractivity contribution in [2.24, 2.45) is 40.4 Å². The first-order valence-corrected chi connectivity index (χ1v) is 30.0. The number of hydrogen-bond donors (Lipinski definition) is 5. The second-order valence-electron chi connectivity index (χ2n) is 25.2. The van der Waals surface area contributed by atoms with Crippen LogP contribution in [0.2, 0.25) is 0 Å². The Morgan fingerprint density at radius 2 is 1.39 bits per heavy atom. The van der Waals surface area contributed by atoms with Crippen molar-refractivity contribution < 1.29 is 87.0 Å². The van der Waals surface area contributed by atoms with Crippen LogP contribution >= 0.6 is 0 Å². The summed E-state index contributed by atoms with van der Waals surface area (Å²) in [7, 11) is 1.46. The van der Waals surface area contributed by atoms with Crippen LogP contribution in [-0.4, -0.2) is 151 Å². The summed E-state index contributed by atoms with van der Waals surface area (Å²) in [4.78, 5) is 68.4. The minimum Gasteiger partial charge on any atom is -0.497 e. The van der Waals surface area contributed by atoms with Gasteiger partial charge in [-0.1, -0.05) is 94.8 Å². The van der Waals surface area contributed by atoms with Crippen molar-refractivity contribution in [3.8, 4) is 16.9 Å². The van der Waals surface area contributed by atoms with Crippen LogP contribution in [0.4, 0.5) is 4.79 Å². The highest BCUT2D eigenvalue weighted by atomic mass is 16.8. The minimum atomic E-state index is -1.74. The second-order valence-corrected chi connectivity index (χ2v) is 25.2. The molecule has 17 atom stereocenters. The summed E-state index contributed by atoms with van der Waals surface area (Å²) in [6.07, 6.45) is -7.62. The first-order valence-electron chi connectivity index (χ1n) is 30.0. The monoisotopic (exact) mass is 1170 g/mol. The van der Waals surface area contributed by atoms with Gasteiger partial charge in [-0.05, 0) is 127 Å². The number of Topliss-reactive ketones (excluding diaryl/α,β-unsaturated/α-hetero) is 1. The molecular formula is C65H83NO18. The number of hydrogen-bond acceptors (Lipinski definition) is 18. The maximum Gasteiger partial charge on any atom is 0.407 e. The lowest BCUT2D eigenvalue weighted by molar-refractivity contribution is -0.345. The Hall–Kier alpha value is -5.77. The minimum absolute atomic E-state index is 0.0437. The first kappa shape index (κ1) is 61.3. The number of aliphatic hydroxyl groups is 4. The van der Waals surface area contributed by atoms with E-state index >= 15 is 0 Å². The summed E-state index contributed by atoms with van der Waals surface area (Å²) in [6.45, 7) is 10.3. The first-order chi connectivity index (χ1) is 40.1. The van der Waals surface area contributed by atoms with Crippen LogP contribution in [0, 0.1) is 40.4 Å². The third-order valence-electron chi connectivity index (χ3n) is 19.9. The van der Waals surface area contributed by atoms with E-state index in [0.29, 0.717) is 37.9 Å². The number of rotatable bonds is 19. The van der Waals surface area contributed by atoms with Gasteiger partial charge in [0.1, 0.15) is 42.1 Å². The van der Waals surface area contributed by atoms with E-state index in [0.717, 1.165) is 48.4 Å². The van der Waals surface area contributed by atoms with Gasteiger partial charge in [0.05, 0.1) is 44.5 Å². The zero-order valence-corrected chi connectivity index (χ0v) is 49.1. The maximum atomic E-state index is 14.4. The van der Waals surface area contributed by atoms with Crippen molar-refractivity contribution in [3.63, 3.8) is 0 Å². The fourth-order valence-electron chi connectivity index (χ4n) is 15.4. The normalized spacial score (nSPS) is 34.5. The lowest BCUT2D eigenvalue weighted by atomic mass is 9.46. The summed E-state index contributed by atoms with van der Waals surface area (Å²) in [6, 6.07) is 21.8. The highest BCUT2D eigenvalue weighted by molar-refractivity contribution is 5.89. The van der Waals surface area contributed by atoms with Crippen molar-refractivity contribution >= 4 is 29.8 Å². The van der Waals surface area contributed by atoms with Gasteiger partial charge in [-0.2, -0.15) is 0 Å². The van der Waals surface area contributed by atoms with Gasteiger partial charge in [0, 0.05) is 37.1 Å². The molecule has 0 aromatic heterocycles. The highest BCUT2D eigenvalue weighted by Gasteiger charge is 2.71. The third-order valence-corrected chi connectivity index (χ3v) is 19.9. The summed E-state index contributed by atoms with van der Waals surface area (Å²) in [5.74, 6) is -2.88. The van der Waals surface area contributed by atoms with Crippen LogP contribution in [0.1, 0.15) is 133 Å².